The fourth-order valence-corrected chi connectivity index (χ4v) is 3.88. The van der Waals surface area contributed by atoms with E-state index < -0.39 is 11.9 Å². The zero-order valence-electron chi connectivity index (χ0n) is 15.4. The average molecular weight is 453 g/mol. The molecule has 0 radical (unpaired) electrons. The Morgan fingerprint density at radius 2 is 1.79 bits per heavy atom. The van der Waals surface area contributed by atoms with Crippen molar-refractivity contribution in [1.82, 2.24) is 10.3 Å². The Hall–Kier alpha value is -2.99. The third-order valence-corrected chi connectivity index (χ3v) is 5.29. The largest absolute Gasteiger partial charge is 0.449 e. The van der Waals surface area contributed by atoms with Gasteiger partial charge in [-0.15, -0.1) is 0 Å². The summed E-state index contributed by atoms with van der Waals surface area (Å²) in [5, 5.41) is 2.66. The SMILES string of the molecule is O=C(NCC=Cc1cc(Br)ncc1F)OCC1c2ccccc2-c2ccccc21. The summed E-state index contributed by atoms with van der Waals surface area (Å²) in [6.45, 7) is 0.492. The average Bonchev–Trinajstić information content (AvgIpc) is 3.06. The molecule has 2 aromatic carbocycles. The number of pyridine rings is 1. The van der Waals surface area contributed by atoms with Gasteiger partial charge in [-0.25, -0.2) is 14.2 Å². The summed E-state index contributed by atoms with van der Waals surface area (Å²) in [5.74, 6) is -0.405. The van der Waals surface area contributed by atoms with Gasteiger partial charge in [0.05, 0.1) is 6.20 Å². The van der Waals surface area contributed by atoms with Crippen LogP contribution in [-0.4, -0.2) is 24.2 Å². The molecule has 1 heterocycles. The molecule has 0 spiro atoms. The lowest BCUT2D eigenvalue weighted by Crippen LogP contribution is -2.26. The number of fused-ring (bicyclic) bond motifs is 3. The van der Waals surface area contributed by atoms with Crippen LogP contribution in [0.3, 0.4) is 0 Å². The summed E-state index contributed by atoms with van der Waals surface area (Å²) in [6, 6.07) is 17.9. The smallest absolute Gasteiger partial charge is 0.407 e. The quantitative estimate of drug-likeness (QED) is 0.517. The van der Waals surface area contributed by atoms with E-state index in [9.17, 15) is 9.18 Å². The molecule has 0 saturated carbocycles. The molecule has 29 heavy (non-hydrogen) atoms. The van der Waals surface area contributed by atoms with E-state index in [0.717, 1.165) is 6.20 Å². The van der Waals surface area contributed by atoms with Gasteiger partial charge in [0.25, 0.3) is 0 Å². The van der Waals surface area contributed by atoms with Crippen molar-refractivity contribution in [3.05, 3.63) is 94.0 Å². The molecule has 0 aliphatic heterocycles. The van der Waals surface area contributed by atoms with Crippen LogP contribution in [0.2, 0.25) is 0 Å². The van der Waals surface area contributed by atoms with E-state index in [-0.39, 0.29) is 19.1 Å². The Morgan fingerprint density at radius 3 is 2.48 bits per heavy atom. The normalized spacial score (nSPS) is 12.6. The minimum atomic E-state index is -0.507. The van der Waals surface area contributed by atoms with E-state index in [2.05, 4.69) is 50.5 Å². The Balaban J connectivity index is 1.34. The van der Waals surface area contributed by atoms with E-state index in [4.69, 9.17) is 4.74 Å². The van der Waals surface area contributed by atoms with Crippen LogP contribution < -0.4 is 5.32 Å². The number of aromatic nitrogens is 1. The lowest BCUT2D eigenvalue weighted by molar-refractivity contribution is 0.144. The molecule has 3 aromatic rings. The second-order valence-corrected chi connectivity index (χ2v) is 7.45. The van der Waals surface area contributed by atoms with Crippen LogP contribution in [-0.2, 0) is 4.74 Å². The molecule has 1 aliphatic carbocycles. The Morgan fingerprint density at radius 1 is 1.14 bits per heavy atom. The van der Waals surface area contributed by atoms with Crippen LogP contribution >= 0.6 is 15.9 Å². The highest BCUT2D eigenvalue weighted by molar-refractivity contribution is 9.10. The minimum absolute atomic E-state index is 0.0203. The topological polar surface area (TPSA) is 51.2 Å². The van der Waals surface area contributed by atoms with Gasteiger partial charge >= 0.3 is 6.09 Å². The van der Waals surface area contributed by atoms with Gasteiger partial charge < -0.3 is 10.1 Å². The third kappa shape index (κ3) is 4.22. The maximum absolute atomic E-state index is 13.6. The molecule has 1 aromatic heterocycles. The van der Waals surface area contributed by atoms with E-state index in [1.165, 1.54) is 22.3 Å². The van der Waals surface area contributed by atoms with Gasteiger partial charge in [-0.2, -0.15) is 0 Å². The van der Waals surface area contributed by atoms with E-state index >= 15 is 0 Å². The minimum Gasteiger partial charge on any atom is -0.449 e. The summed E-state index contributed by atoms with van der Waals surface area (Å²) in [6.07, 6.45) is 3.88. The standard InChI is InChI=1S/C23H18BrFN2O2/c24-22-12-15(21(25)13-27-22)6-5-11-26-23(28)29-14-20-18-9-3-1-7-16(18)17-8-2-4-10-19(17)20/h1-10,12-13,20H,11,14H2,(H,26,28). The van der Waals surface area contributed by atoms with Crippen LogP contribution in [0.4, 0.5) is 9.18 Å². The first-order valence-corrected chi connectivity index (χ1v) is 9.99. The molecule has 0 fully saturated rings. The molecule has 6 heteroatoms. The van der Waals surface area contributed by atoms with Gasteiger partial charge in [-0.1, -0.05) is 60.7 Å². The molecule has 0 atom stereocenters. The van der Waals surface area contributed by atoms with Crippen molar-refractivity contribution >= 4 is 28.1 Å². The summed E-state index contributed by atoms with van der Waals surface area (Å²) in [4.78, 5) is 15.9. The Bertz CT molecular complexity index is 1040. The lowest BCUT2D eigenvalue weighted by Gasteiger charge is -2.14. The maximum Gasteiger partial charge on any atom is 0.407 e. The second-order valence-electron chi connectivity index (χ2n) is 6.64. The van der Waals surface area contributed by atoms with Crippen LogP contribution in [0.5, 0.6) is 0 Å². The van der Waals surface area contributed by atoms with Gasteiger partial charge in [-0.3, -0.25) is 0 Å². The number of hydrogen-bond donors (Lipinski definition) is 1. The van der Waals surface area contributed by atoms with Gasteiger partial charge in [-0.05, 0) is 44.3 Å². The summed E-state index contributed by atoms with van der Waals surface area (Å²) >= 11 is 3.20. The van der Waals surface area contributed by atoms with E-state index in [0.29, 0.717) is 10.2 Å². The number of carbonyl (C=O) groups excluding carboxylic acids is 1. The summed E-state index contributed by atoms with van der Waals surface area (Å²) < 4.78 is 19.6. The first kappa shape index (κ1) is 19.3. The van der Waals surface area contributed by atoms with Crippen molar-refractivity contribution < 1.29 is 13.9 Å². The predicted molar refractivity (Wildman–Crippen MR) is 114 cm³/mol. The Kier molecular flexibility index (Phi) is 5.71. The van der Waals surface area contributed by atoms with Crippen molar-refractivity contribution in [2.45, 2.75) is 5.92 Å². The number of benzene rings is 2. The first-order valence-electron chi connectivity index (χ1n) is 9.20. The van der Waals surface area contributed by atoms with Gasteiger partial charge in [0, 0.05) is 18.0 Å². The van der Waals surface area contributed by atoms with Crippen LogP contribution in [0.1, 0.15) is 22.6 Å². The molecule has 4 nitrogen and oxygen atoms in total. The van der Waals surface area contributed by atoms with Crippen molar-refractivity contribution in [1.29, 1.82) is 0 Å². The number of nitrogens with zero attached hydrogens (tertiary/aromatic N) is 1. The van der Waals surface area contributed by atoms with E-state index in [1.807, 2.05) is 24.3 Å². The maximum atomic E-state index is 13.6. The monoisotopic (exact) mass is 452 g/mol. The van der Waals surface area contributed by atoms with Crippen molar-refractivity contribution in [2.75, 3.05) is 13.2 Å². The molecule has 0 unspecified atom stereocenters. The molecule has 4 rings (SSSR count). The summed E-state index contributed by atoms with van der Waals surface area (Å²) in [7, 11) is 0. The van der Waals surface area contributed by atoms with Gasteiger partial charge in [0.15, 0.2) is 0 Å². The first-order chi connectivity index (χ1) is 14.1. The number of halogens is 2. The number of ether oxygens (including phenoxy) is 1. The third-order valence-electron chi connectivity index (χ3n) is 4.86. The van der Waals surface area contributed by atoms with Crippen molar-refractivity contribution in [3.63, 3.8) is 0 Å². The second kappa shape index (κ2) is 8.57. The highest BCUT2D eigenvalue weighted by Gasteiger charge is 2.28. The molecule has 1 aliphatic rings. The van der Waals surface area contributed by atoms with Crippen molar-refractivity contribution in [2.24, 2.45) is 0 Å². The van der Waals surface area contributed by atoms with Crippen LogP contribution in [0.25, 0.3) is 17.2 Å². The predicted octanol–water partition coefficient (Wildman–Crippen LogP) is 5.54. The number of carbonyl (C=O) groups is 1. The summed E-state index contributed by atoms with van der Waals surface area (Å²) in [5.41, 5.74) is 5.10. The van der Waals surface area contributed by atoms with Crippen molar-refractivity contribution in [3.8, 4) is 11.1 Å². The molecule has 0 saturated heterocycles. The number of rotatable bonds is 5. The molecule has 146 valence electrons. The molecule has 0 bridgehead atoms. The number of amides is 1. The highest BCUT2D eigenvalue weighted by Crippen LogP contribution is 2.44. The zero-order chi connectivity index (χ0) is 20.2. The molecule has 1 N–H and O–H groups in total. The fourth-order valence-electron chi connectivity index (χ4n) is 3.53. The molecule has 1 amide bonds. The number of alkyl carbamates (subject to hydrolysis) is 1. The number of nitrogens with one attached hydrogen (secondary N) is 1. The lowest BCUT2D eigenvalue weighted by atomic mass is 9.98. The van der Waals surface area contributed by atoms with Crippen LogP contribution in [0.15, 0.2) is 71.5 Å². The van der Waals surface area contributed by atoms with Gasteiger partial charge in [0.1, 0.15) is 17.0 Å². The molecular formula is C23H18BrFN2O2. The molecular weight excluding hydrogens is 435 g/mol. The van der Waals surface area contributed by atoms with Crippen LogP contribution in [0, 0.1) is 5.82 Å². The Labute approximate surface area is 176 Å². The zero-order valence-corrected chi connectivity index (χ0v) is 17.0. The highest BCUT2D eigenvalue weighted by atomic mass is 79.9. The number of hydrogen-bond acceptors (Lipinski definition) is 3. The van der Waals surface area contributed by atoms with Gasteiger partial charge in [0.2, 0.25) is 0 Å². The van der Waals surface area contributed by atoms with E-state index in [1.54, 1.807) is 18.2 Å². The fraction of sp³-hybridized carbons (Fsp3) is 0.130.